The number of rotatable bonds is 5. The van der Waals surface area contributed by atoms with Crippen LogP contribution in [0, 0.1) is 13.8 Å². The van der Waals surface area contributed by atoms with E-state index in [1.54, 1.807) is 6.07 Å². The van der Waals surface area contributed by atoms with Crippen LogP contribution in [0.15, 0.2) is 30.9 Å². The molecule has 0 fully saturated rings. The average Bonchev–Trinajstić information content (AvgIpc) is 2.26. The van der Waals surface area contributed by atoms with E-state index in [2.05, 4.69) is 11.9 Å². The number of hydrogen-bond acceptors (Lipinski definition) is 3. The molecule has 1 amide bonds. The molecule has 0 aliphatic carbocycles. The zero-order valence-corrected chi connectivity index (χ0v) is 11.7. The highest BCUT2D eigenvalue weighted by molar-refractivity contribution is 7.85. The summed E-state index contributed by atoms with van der Waals surface area (Å²) in [7, 11) is -4.20. The molecule has 0 heterocycles. The second kappa shape index (κ2) is 5.99. The summed E-state index contributed by atoms with van der Waals surface area (Å²) >= 11 is 0. The zero-order valence-electron chi connectivity index (χ0n) is 10.9. The number of amides is 1. The van der Waals surface area contributed by atoms with Gasteiger partial charge in [0.2, 0.25) is 5.91 Å². The molecule has 0 aliphatic heterocycles. The maximum Gasteiger partial charge on any atom is 0.267 e. The van der Waals surface area contributed by atoms with Gasteiger partial charge in [-0.15, -0.1) is 0 Å². The summed E-state index contributed by atoms with van der Waals surface area (Å²) in [6, 6.07) is 4.64. The van der Waals surface area contributed by atoms with Crippen molar-refractivity contribution in [2.24, 2.45) is 0 Å². The predicted octanol–water partition coefficient (Wildman–Crippen LogP) is 1.53. The molecule has 2 N–H and O–H groups in total. The van der Waals surface area contributed by atoms with E-state index >= 15 is 0 Å². The quantitative estimate of drug-likeness (QED) is 0.634. The topological polar surface area (TPSA) is 83.5 Å². The van der Waals surface area contributed by atoms with E-state index in [4.69, 9.17) is 4.55 Å². The second-order valence-corrected chi connectivity index (χ2v) is 5.87. The van der Waals surface area contributed by atoms with Crippen LogP contribution in [0.2, 0.25) is 0 Å². The molecule has 104 valence electrons. The largest absolute Gasteiger partial charge is 0.345 e. The number of nitrogens with one attached hydrogen (secondary N) is 1. The summed E-state index contributed by atoms with van der Waals surface area (Å²) in [5.74, 6) is -1.06. The molecular formula is C13H17NO4S. The Morgan fingerprint density at radius 2 is 2.11 bits per heavy atom. The molecule has 0 bridgehead atoms. The Morgan fingerprint density at radius 3 is 2.58 bits per heavy atom. The molecule has 0 aliphatic rings. The molecule has 1 rings (SSSR count). The first-order chi connectivity index (χ1) is 8.73. The third-order valence-corrected chi connectivity index (χ3v) is 3.43. The van der Waals surface area contributed by atoms with E-state index in [0.717, 1.165) is 17.2 Å². The van der Waals surface area contributed by atoms with E-state index < -0.39 is 27.8 Å². The average molecular weight is 283 g/mol. The van der Waals surface area contributed by atoms with Crippen molar-refractivity contribution in [1.82, 2.24) is 5.32 Å². The summed E-state index contributed by atoms with van der Waals surface area (Å²) in [4.78, 5) is 11.4. The Bertz CT molecular complexity index is 593. The minimum absolute atomic E-state index is 0.492. The molecule has 1 aromatic carbocycles. The smallest absolute Gasteiger partial charge is 0.267 e. The highest BCUT2D eigenvalue weighted by Gasteiger charge is 2.21. The third kappa shape index (κ3) is 4.84. The van der Waals surface area contributed by atoms with Crippen LogP contribution in [-0.4, -0.2) is 24.6 Å². The Kier molecular flexibility index (Phi) is 4.85. The van der Waals surface area contributed by atoms with Gasteiger partial charge in [0.15, 0.2) is 0 Å². The maximum absolute atomic E-state index is 11.4. The molecule has 0 saturated heterocycles. The van der Waals surface area contributed by atoms with Gasteiger partial charge in [0.1, 0.15) is 0 Å². The van der Waals surface area contributed by atoms with Crippen molar-refractivity contribution in [2.45, 2.75) is 19.9 Å². The fraction of sp³-hybridized carbons (Fsp3) is 0.308. The first-order valence-corrected chi connectivity index (χ1v) is 7.29. The molecule has 1 atom stereocenters. The summed E-state index contributed by atoms with van der Waals surface area (Å²) in [6.07, 6.45) is 1.06. The standard InChI is InChI=1S/C13H17NO4S/c1-4-13(15)14-12(8-19(16,17)18)11-6-5-9(2)7-10(11)3/h4-7,12H,1,8H2,2-3H3,(H,14,15)(H,16,17,18). The highest BCUT2D eigenvalue weighted by atomic mass is 32.2. The number of carbonyl (C=O) groups excluding carboxylic acids is 1. The van der Waals surface area contributed by atoms with Crippen LogP contribution in [0.25, 0.3) is 0 Å². The molecular weight excluding hydrogens is 266 g/mol. The molecule has 1 unspecified atom stereocenters. The molecule has 0 saturated carbocycles. The Morgan fingerprint density at radius 1 is 1.47 bits per heavy atom. The highest BCUT2D eigenvalue weighted by Crippen LogP contribution is 2.20. The minimum atomic E-state index is -4.20. The van der Waals surface area contributed by atoms with Crippen molar-refractivity contribution in [3.05, 3.63) is 47.5 Å². The maximum atomic E-state index is 11.4. The molecule has 1 aromatic rings. The number of aryl methyl sites for hydroxylation is 2. The van der Waals surface area contributed by atoms with Crippen LogP contribution in [0.4, 0.5) is 0 Å². The Hall–Kier alpha value is -1.66. The van der Waals surface area contributed by atoms with Gasteiger partial charge in [-0.3, -0.25) is 9.35 Å². The fourth-order valence-electron chi connectivity index (χ4n) is 1.87. The first-order valence-electron chi connectivity index (χ1n) is 5.68. The van der Waals surface area contributed by atoms with Gasteiger partial charge in [-0.1, -0.05) is 30.3 Å². The lowest BCUT2D eigenvalue weighted by Gasteiger charge is -2.19. The normalized spacial score (nSPS) is 12.8. The van der Waals surface area contributed by atoms with E-state index in [-0.39, 0.29) is 0 Å². The minimum Gasteiger partial charge on any atom is -0.345 e. The van der Waals surface area contributed by atoms with Gasteiger partial charge in [0, 0.05) is 0 Å². The predicted molar refractivity (Wildman–Crippen MR) is 73.4 cm³/mol. The lowest BCUT2D eigenvalue weighted by atomic mass is 10.0. The van der Waals surface area contributed by atoms with Crippen molar-refractivity contribution in [3.8, 4) is 0 Å². The van der Waals surface area contributed by atoms with Gasteiger partial charge in [0.05, 0.1) is 11.8 Å². The third-order valence-electron chi connectivity index (χ3n) is 2.68. The van der Waals surface area contributed by atoms with Gasteiger partial charge in [-0.05, 0) is 31.1 Å². The molecule has 5 nitrogen and oxygen atoms in total. The molecule has 6 heteroatoms. The first kappa shape index (κ1) is 15.4. The lowest BCUT2D eigenvalue weighted by Crippen LogP contribution is -2.32. The number of hydrogen-bond donors (Lipinski definition) is 2. The van der Waals surface area contributed by atoms with Gasteiger partial charge in [0.25, 0.3) is 10.1 Å². The van der Waals surface area contributed by atoms with Crippen LogP contribution < -0.4 is 5.32 Å². The number of benzene rings is 1. The summed E-state index contributed by atoms with van der Waals surface area (Å²) in [5, 5.41) is 2.50. The van der Waals surface area contributed by atoms with E-state index in [1.165, 1.54) is 0 Å². The van der Waals surface area contributed by atoms with Crippen LogP contribution in [0.5, 0.6) is 0 Å². The van der Waals surface area contributed by atoms with E-state index in [9.17, 15) is 13.2 Å². The van der Waals surface area contributed by atoms with Crippen LogP contribution in [0.3, 0.4) is 0 Å². The van der Waals surface area contributed by atoms with Crippen molar-refractivity contribution >= 4 is 16.0 Å². The fourth-order valence-corrected chi connectivity index (χ4v) is 2.55. The molecule has 0 spiro atoms. The van der Waals surface area contributed by atoms with Gasteiger partial charge in [-0.2, -0.15) is 8.42 Å². The summed E-state index contributed by atoms with van der Waals surface area (Å²) in [6.45, 7) is 7.05. The molecule has 0 aromatic heterocycles. The van der Waals surface area contributed by atoms with Crippen molar-refractivity contribution in [2.75, 3.05) is 5.75 Å². The van der Waals surface area contributed by atoms with Crippen molar-refractivity contribution in [3.63, 3.8) is 0 Å². The zero-order chi connectivity index (χ0) is 14.6. The Labute approximate surface area is 113 Å². The lowest BCUT2D eigenvalue weighted by molar-refractivity contribution is -0.117. The van der Waals surface area contributed by atoms with Gasteiger partial charge >= 0.3 is 0 Å². The summed E-state index contributed by atoms with van der Waals surface area (Å²) < 4.78 is 31.1. The molecule has 0 radical (unpaired) electrons. The SMILES string of the molecule is C=CC(=O)NC(CS(=O)(=O)O)c1ccc(C)cc1C. The van der Waals surface area contributed by atoms with E-state index in [1.807, 2.05) is 26.0 Å². The van der Waals surface area contributed by atoms with Crippen LogP contribution >= 0.6 is 0 Å². The van der Waals surface area contributed by atoms with Gasteiger partial charge in [-0.25, -0.2) is 0 Å². The second-order valence-electron chi connectivity index (χ2n) is 4.37. The van der Waals surface area contributed by atoms with Crippen molar-refractivity contribution < 1.29 is 17.8 Å². The monoisotopic (exact) mass is 283 g/mol. The van der Waals surface area contributed by atoms with Crippen LogP contribution in [0.1, 0.15) is 22.7 Å². The van der Waals surface area contributed by atoms with E-state index in [0.29, 0.717) is 5.56 Å². The molecule has 19 heavy (non-hydrogen) atoms. The Balaban J connectivity index is 3.14. The summed E-state index contributed by atoms with van der Waals surface area (Å²) in [5.41, 5.74) is 2.53. The van der Waals surface area contributed by atoms with Crippen LogP contribution in [-0.2, 0) is 14.9 Å². The number of carbonyl (C=O) groups is 1. The van der Waals surface area contributed by atoms with Gasteiger partial charge < -0.3 is 5.32 Å². The van der Waals surface area contributed by atoms with Crippen molar-refractivity contribution in [1.29, 1.82) is 0 Å².